The van der Waals surface area contributed by atoms with Crippen molar-refractivity contribution < 1.29 is 4.79 Å². The molecule has 1 spiro atoms. The van der Waals surface area contributed by atoms with E-state index in [1.54, 1.807) is 0 Å². The molecule has 4 heteroatoms. The van der Waals surface area contributed by atoms with Gasteiger partial charge in [-0.3, -0.25) is 4.90 Å². The Morgan fingerprint density at radius 2 is 1.95 bits per heavy atom. The fraction of sp³-hybridized carbons (Fsp3) is 0.562. The number of urea groups is 1. The summed E-state index contributed by atoms with van der Waals surface area (Å²) in [5, 5.41) is 6.25. The maximum Gasteiger partial charge on any atom is 0.315 e. The first kappa shape index (κ1) is 12.2. The average Bonchev–Trinajstić information content (AvgIpc) is 2.90. The average molecular weight is 271 g/mol. The summed E-state index contributed by atoms with van der Waals surface area (Å²) in [5.41, 5.74) is 1.57. The first-order chi connectivity index (χ1) is 9.58. The SMILES string of the molecule is CN(C)[C@@]1(c2ccccc2)CC[C@]23NC(=O)NC2C3C1. The number of hydrogen-bond acceptors (Lipinski definition) is 2. The highest BCUT2D eigenvalue weighted by atomic mass is 16.2. The highest BCUT2D eigenvalue weighted by Gasteiger charge is 2.73. The van der Waals surface area contributed by atoms with Gasteiger partial charge in [0, 0.05) is 11.5 Å². The monoisotopic (exact) mass is 271 g/mol. The number of nitrogens with one attached hydrogen (secondary N) is 2. The molecule has 0 radical (unpaired) electrons. The number of benzene rings is 1. The van der Waals surface area contributed by atoms with Crippen LogP contribution in [-0.2, 0) is 5.54 Å². The molecule has 2 aliphatic carbocycles. The molecule has 1 aromatic rings. The first-order valence-corrected chi connectivity index (χ1v) is 7.40. The number of nitrogens with zero attached hydrogens (tertiary/aromatic N) is 1. The second-order valence-corrected chi connectivity index (χ2v) is 6.72. The molecule has 1 aliphatic heterocycles. The van der Waals surface area contributed by atoms with Gasteiger partial charge in [-0.2, -0.15) is 0 Å². The molecule has 0 aromatic heterocycles. The van der Waals surface area contributed by atoms with Crippen LogP contribution < -0.4 is 10.6 Å². The highest BCUT2D eigenvalue weighted by Crippen LogP contribution is 2.61. The van der Waals surface area contributed by atoms with Crippen LogP contribution >= 0.6 is 0 Å². The predicted molar refractivity (Wildman–Crippen MR) is 77.3 cm³/mol. The second-order valence-electron chi connectivity index (χ2n) is 6.72. The molecule has 4 nitrogen and oxygen atoms in total. The van der Waals surface area contributed by atoms with Gasteiger partial charge in [-0.05, 0) is 38.9 Å². The van der Waals surface area contributed by atoms with E-state index in [-0.39, 0.29) is 17.1 Å². The molecule has 4 rings (SSSR count). The standard InChI is InChI=1S/C16H21N3O/c1-19(2)15(11-6-4-3-5-7-11)8-9-16-12(10-15)13(16)17-14(20)18-16/h3-7,12-13H,8-10H2,1-2H3,(H2,17,18,20)/t12?,13?,15-,16+/m0/s1. The first-order valence-electron chi connectivity index (χ1n) is 7.40. The summed E-state index contributed by atoms with van der Waals surface area (Å²) in [6.45, 7) is 0. The summed E-state index contributed by atoms with van der Waals surface area (Å²) in [7, 11) is 4.35. The summed E-state index contributed by atoms with van der Waals surface area (Å²) in [4.78, 5) is 13.8. The number of fused-ring (bicyclic) bond motifs is 1. The van der Waals surface area contributed by atoms with Crippen LogP contribution in [0.15, 0.2) is 30.3 Å². The van der Waals surface area contributed by atoms with Crippen LogP contribution in [0, 0.1) is 5.92 Å². The van der Waals surface area contributed by atoms with Crippen LogP contribution in [0.25, 0.3) is 0 Å². The topological polar surface area (TPSA) is 44.4 Å². The van der Waals surface area contributed by atoms with Crippen LogP contribution in [0.3, 0.4) is 0 Å². The van der Waals surface area contributed by atoms with Gasteiger partial charge in [-0.15, -0.1) is 0 Å². The van der Waals surface area contributed by atoms with Crippen molar-refractivity contribution in [2.45, 2.75) is 36.4 Å². The fourth-order valence-corrected chi connectivity index (χ4v) is 4.56. The van der Waals surface area contributed by atoms with Crippen molar-refractivity contribution in [3.63, 3.8) is 0 Å². The van der Waals surface area contributed by atoms with Crippen molar-refractivity contribution in [3.8, 4) is 0 Å². The van der Waals surface area contributed by atoms with E-state index in [1.807, 2.05) is 0 Å². The molecule has 2 saturated carbocycles. The third-order valence-electron chi connectivity index (χ3n) is 5.82. The number of rotatable bonds is 2. The molecule has 3 aliphatic rings. The Hall–Kier alpha value is -1.55. The van der Waals surface area contributed by atoms with Crippen LogP contribution in [0.1, 0.15) is 24.8 Å². The Balaban J connectivity index is 1.67. The van der Waals surface area contributed by atoms with Crippen molar-refractivity contribution in [1.29, 1.82) is 0 Å². The fourth-order valence-electron chi connectivity index (χ4n) is 4.56. The Labute approximate surface area is 119 Å². The minimum absolute atomic E-state index is 0.0170. The molecule has 2 N–H and O–H groups in total. The Morgan fingerprint density at radius 1 is 1.20 bits per heavy atom. The summed E-state index contributed by atoms with van der Waals surface area (Å²) < 4.78 is 0. The zero-order valence-corrected chi connectivity index (χ0v) is 12.0. The van der Waals surface area contributed by atoms with Gasteiger partial charge in [0.25, 0.3) is 0 Å². The van der Waals surface area contributed by atoms with Crippen molar-refractivity contribution in [3.05, 3.63) is 35.9 Å². The summed E-state index contributed by atoms with van der Waals surface area (Å²) in [6.07, 6.45) is 3.27. The zero-order valence-electron chi connectivity index (χ0n) is 12.0. The third kappa shape index (κ3) is 1.37. The number of carbonyl (C=O) groups is 1. The summed E-state index contributed by atoms with van der Waals surface area (Å²) in [5.74, 6) is 0.566. The van der Waals surface area contributed by atoms with Gasteiger partial charge in [-0.25, -0.2) is 4.79 Å². The van der Waals surface area contributed by atoms with Gasteiger partial charge in [0.2, 0.25) is 0 Å². The molecule has 1 heterocycles. The molecule has 106 valence electrons. The minimum atomic E-state index is 0.0170. The molecular weight excluding hydrogens is 250 g/mol. The number of amides is 2. The summed E-state index contributed by atoms with van der Waals surface area (Å²) in [6, 6.07) is 11.2. The molecule has 0 bridgehead atoms. The van der Waals surface area contributed by atoms with E-state index in [0.717, 1.165) is 19.3 Å². The Bertz CT molecular complexity index is 558. The van der Waals surface area contributed by atoms with Gasteiger partial charge in [0.15, 0.2) is 0 Å². The Kier molecular flexibility index (Phi) is 2.29. The second kappa shape index (κ2) is 3.76. The maximum atomic E-state index is 11.5. The van der Waals surface area contributed by atoms with Crippen LogP contribution in [0.4, 0.5) is 4.79 Å². The molecular formula is C16H21N3O. The van der Waals surface area contributed by atoms with Gasteiger partial charge >= 0.3 is 6.03 Å². The quantitative estimate of drug-likeness (QED) is 0.859. The Morgan fingerprint density at radius 3 is 2.65 bits per heavy atom. The molecule has 4 atom stereocenters. The number of hydrogen-bond donors (Lipinski definition) is 2. The molecule has 2 amide bonds. The molecule has 1 aromatic carbocycles. The highest BCUT2D eigenvalue weighted by molar-refractivity contribution is 5.81. The lowest BCUT2D eigenvalue weighted by molar-refractivity contribution is 0.0833. The zero-order chi connectivity index (χ0) is 14.0. The van der Waals surface area contributed by atoms with Crippen molar-refractivity contribution in [2.24, 2.45) is 5.92 Å². The molecule has 2 unspecified atom stereocenters. The summed E-state index contributed by atoms with van der Waals surface area (Å²) >= 11 is 0. The smallest absolute Gasteiger partial charge is 0.315 e. The van der Waals surface area contributed by atoms with E-state index in [1.165, 1.54) is 5.56 Å². The van der Waals surface area contributed by atoms with Crippen molar-refractivity contribution >= 4 is 6.03 Å². The van der Waals surface area contributed by atoms with Gasteiger partial charge in [0.05, 0.1) is 11.6 Å². The third-order valence-corrected chi connectivity index (χ3v) is 5.82. The van der Waals surface area contributed by atoms with Gasteiger partial charge < -0.3 is 10.6 Å². The van der Waals surface area contributed by atoms with Crippen molar-refractivity contribution in [1.82, 2.24) is 15.5 Å². The van der Waals surface area contributed by atoms with E-state index in [4.69, 9.17) is 0 Å². The molecule has 1 saturated heterocycles. The van der Waals surface area contributed by atoms with E-state index in [9.17, 15) is 4.79 Å². The van der Waals surface area contributed by atoms with Crippen molar-refractivity contribution in [2.75, 3.05) is 14.1 Å². The van der Waals surface area contributed by atoms with Gasteiger partial charge in [-0.1, -0.05) is 30.3 Å². The molecule has 20 heavy (non-hydrogen) atoms. The number of carbonyl (C=O) groups excluding carboxylic acids is 1. The molecule has 3 fully saturated rings. The minimum Gasteiger partial charge on any atom is -0.333 e. The predicted octanol–water partition coefficient (Wildman–Crippen LogP) is 1.68. The van der Waals surface area contributed by atoms with Gasteiger partial charge in [0.1, 0.15) is 0 Å². The normalized spacial score (nSPS) is 41.6. The lowest BCUT2D eigenvalue weighted by Crippen LogP contribution is -2.49. The van der Waals surface area contributed by atoms with E-state index < -0.39 is 0 Å². The van der Waals surface area contributed by atoms with E-state index >= 15 is 0 Å². The van der Waals surface area contributed by atoms with Crippen LogP contribution in [0.2, 0.25) is 0 Å². The van der Waals surface area contributed by atoms with E-state index in [2.05, 4.69) is 60.0 Å². The van der Waals surface area contributed by atoms with Crippen LogP contribution in [-0.4, -0.2) is 36.6 Å². The van der Waals surface area contributed by atoms with Crippen LogP contribution in [0.5, 0.6) is 0 Å². The maximum absolute atomic E-state index is 11.5. The lowest BCUT2D eigenvalue weighted by Gasteiger charge is -2.45. The largest absolute Gasteiger partial charge is 0.333 e. The lowest BCUT2D eigenvalue weighted by atomic mass is 9.74. The van der Waals surface area contributed by atoms with E-state index in [0.29, 0.717) is 12.0 Å².